The maximum atomic E-state index is 12.4. The Balaban J connectivity index is 2.97. The van der Waals surface area contributed by atoms with Crippen molar-refractivity contribution in [3.8, 4) is 6.07 Å². The Hall–Kier alpha value is -2.29. The van der Waals surface area contributed by atoms with Crippen molar-refractivity contribution in [1.82, 2.24) is 5.32 Å². The van der Waals surface area contributed by atoms with Gasteiger partial charge in [0.05, 0.1) is 5.56 Å². The van der Waals surface area contributed by atoms with Gasteiger partial charge in [0.2, 0.25) is 0 Å². The number of halogens is 3. The van der Waals surface area contributed by atoms with Crippen LogP contribution in [0, 0.1) is 11.3 Å². The first-order valence-corrected chi connectivity index (χ1v) is 5.84. The normalized spacial score (nSPS) is 12.2. The molecule has 6 heteroatoms. The minimum atomic E-state index is -4.41. The first-order valence-electron chi connectivity index (χ1n) is 5.84. The van der Waals surface area contributed by atoms with Gasteiger partial charge in [-0.05, 0) is 37.6 Å². The molecule has 0 aliphatic rings. The molecule has 0 aliphatic carbocycles. The number of benzene rings is 1. The molecule has 1 rings (SSSR count). The average molecular weight is 282 g/mol. The van der Waals surface area contributed by atoms with E-state index >= 15 is 0 Å². The first kappa shape index (κ1) is 15.8. The summed E-state index contributed by atoms with van der Waals surface area (Å²) in [5.41, 5.74) is -0.577. The third kappa shape index (κ3) is 4.43. The van der Waals surface area contributed by atoms with Crippen LogP contribution in [0.25, 0.3) is 6.08 Å². The van der Waals surface area contributed by atoms with Gasteiger partial charge in [0.25, 0.3) is 5.91 Å². The van der Waals surface area contributed by atoms with Crippen LogP contribution in [0.3, 0.4) is 0 Å². The fourth-order valence-corrected chi connectivity index (χ4v) is 1.42. The van der Waals surface area contributed by atoms with Gasteiger partial charge in [-0.15, -0.1) is 0 Å². The second-order valence-corrected chi connectivity index (χ2v) is 4.42. The van der Waals surface area contributed by atoms with E-state index in [1.54, 1.807) is 19.9 Å². The number of hydrogen-bond donors (Lipinski definition) is 1. The highest BCUT2D eigenvalue weighted by Crippen LogP contribution is 2.29. The van der Waals surface area contributed by atoms with Crippen molar-refractivity contribution in [1.29, 1.82) is 5.26 Å². The molecule has 0 fully saturated rings. The van der Waals surface area contributed by atoms with Crippen LogP contribution in [0.1, 0.15) is 25.0 Å². The quantitative estimate of drug-likeness (QED) is 0.684. The largest absolute Gasteiger partial charge is 0.416 e. The van der Waals surface area contributed by atoms with Gasteiger partial charge in [0.15, 0.2) is 0 Å². The van der Waals surface area contributed by atoms with Crippen LogP contribution in [0.5, 0.6) is 0 Å². The monoisotopic (exact) mass is 282 g/mol. The number of nitrogens with zero attached hydrogens (tertiary/aromatic N) is 1. The molecule has 3 nitrogen and oxygen atoms in total. The van der Waals surface area contributed by atoms with Gasteiger partial charge in [-0.2, -0.15) is 18.4 Å². The Morgan fingerprint density at radius 2 is 1.85 bits per heavy atom. The van der Waals surface area contributed by atoms with Crippen molar-refractivity contribution in [2.75, 3.05) is 0 Å². The molecular formula is C14H13F3N2O. The number of nitriles is 1. The zero-order valence-electron chi connectivity index (χ0n) is 11.0. The van der Waals surface area contributed by atoms with E-state index in [2.05, 4.69) is 5.32 Å². The van der Waals surface area contributed by atoms with Crippen molar-refractivity contribution in [2.45, 2.75) is 26.1 Å². The number of carbonyl (C=O) groups is 1. The van der Waals surface area contributed by atoms with Crippen LogP contribution in [0.4, 0.5) is 13.2 Å². The number of nitrogens with one attached hydrogen (secondary N) is 1. The minimum absolute atomic E-state index is 0.133. The number of hydrogen-bond acceptors (Lipinski definition) is 2. The van der Waals surface area contributed by atoms with Gasteiger partial charge in [0.1, 0.15) is 11.6 Å². The second kappa shape index (κ2) is 6.24. The maximum absolute atomic E-state index is 12.4. The molecule has 20 heavy (non-hydrogen) atoms. The third-order valence-electron chi connectivity index (χ3n) is 2.33. The van der Waals surface area contributed by atoms with Crippen molar-refractivity contribution < 1.29 is 18.0 Å². The molecule has 0 radical (unpaired) electrons. The summed E-state index contributed by atoms with van der Waals surface area (Å²) in [6.07, 6.45) is -3.16. The van der Waals surface area contributed by atoms with Crippen LogP contribution < -0.4 is 5.32 Å². The summed E-state index contributed by atoms with van der Waals surface area (Å²) in [7, 11) is 0. The summed E-state index contributed by atoms with van der Waals surface area (Å²) >= 11 is 0. The standard InChI is InChI=1S/C14H13F3N2O/c1-9(2)19-13(20)11(8-18)7-10-3-5-12(6-4-10)14(15,16)17/h3-7,9H,1-2H3,(H,19,20)/b11-7+. The Morgan fingerprint density at radius 1 is 1.30 bits per heavy atom. The number of carbonyl (C=O) groups excluding carboxylic acids is 1. The SMILES string of the molecule is CC(C)NC(=O)/C(C#N)=C/c1ccc(C(F)(F)F)cc1. The molecule has 1 aromatic rings. The van der Waals surface area contributed by atoms with E-state index in [9.17, 15) is 18.0 Å². The highest BCUT2D eigenvalue weighted by Gasteiger charge is 2.29. The smallest absolute Gasteiger partial charge is 0.349 e. The van der Waals surface area contributed by atoms with Crippen LogP contribution in [-0.2, 0) is 11.0 Å². The zero-order valence-corrected chi connectivity index (χ0v) is 11.0. The Morgan fingerprint density at radius 3 is 2.25 bits per heavy atom. The summed E-state index contributed by atoms with van der Waals surface area (Å²) in [5.74, 6) is -0.553. The van der Waals surface area contributed by atoms with E-state index in [1.807, 2.05) is 0 Å². The molecule has 1 amide bonds. The second-order valence-electron chi connectivity index (χ2n) is 4.42. The molecular weight excluding hydrogens is 269 g/mol. The molecule has 1 N–H and O–H groups in total. The van der Waals surface area contributed by atoms with E-state index < -0.39 is 17.6 Å². The number of alkyl halides is 3. The predicted octanol–water partition coefficient (Wildman–Crippen LogP) is 3.14. The van der Waals surface area contributed by atoms with Gasteiger partial charge >= 0.3 is 6.18 Å². The molecule has 0 bridgehead atoms. The van der Waals surface area contributed by atoms with Gasteiger partial charge in [0, 0.05) is 6.04 Å². The summed E-state index contributed by atoms with van der Waals surface area (Å²) in [4.78, 5) is 11.6. The van der Waals surface area contributed by atoms with E-state index in [-0.39, 0.29) is 11.6 Å². The zero-order chi connectivity index (χ0) is 15.3. The van der Waals surface area contributed by atoms with E-state index in [0.717, 1.165) is 12.1 Å². The third-order valence-corrected chi connectivity index (χ3v) is 2.33. The van der Waals surface area contributed by atoms with Crippen molar-refractivity contribution >= 4 is 12.0 Å². The highest BCUT2D eigenvalue weighted by atomic mass is 19.4. The van der Waals surface area contributed by atoms with Gasteiger partial charge in [-0.1, -0.05) is 12.1 Å². The molecule has 0 unspecified atom stereocenters. The summed E-state index contributed by atoms with van der Waals surface area (Å²) in [6, 6.07) is 5.82. The Labute approximate surface area is 114 Å². The lowest BCUT2D eigenvalue weighted by molar-refractivity contribution is -0.137. The van der Waals surface area contributed by atoms with Crippen molar-refractivity contribution in [3.05, 3.63) is 41.0 Å². The molecule has 0 saturated carbocycles. The van der Waals surface area contributed by atoms with E-state index in [1.165, 1.54) is 18.2 Å². The topological polar surface area (TPSA) is 52.9 Å². The average Bonchev–Trinajstić information content (AvgIpc) is 2.34. The fraction of sp³-hybridized carbons (Fsp3) is 0.286. The van der Waals surface area contributed by atoms with Crippen molar-refractivity contribution in [3.63, 3.8) is 0 Å². The minimum Gasteiger partial charge on any atom is -0.349 e. The highest BCUT2D eigenvalue weighted by molar-refractivity contribution is 6.01. The Kier molecular flexibility index (Phi) is 4.92. The van der Waals surface area contributed by atoms with Crippen LogP contribution in [0.2, 0.25) is 0 Å². The van der Waals surface area contributed by atoms with E-state index in [4.69, 9.17) is 5.26 Å². The number of amides is 1. The van der Waals surface area contributed by atoms with E-state index in [0.29, 0.717) is 5.56 Å². The molecule has 0 aromatic heterocycles. The maximum Gasteiger partial charge on any atom is 0.416 e. The summed E-state index contributed by atoms with van der Waals surface area (Å²) in [5, 5.41) is 11.4. The molecule has 0 heterocycles. The lowest BCUT2D eigenvalue weighted by atomic mass is 10.1. The van der Waals surface area contributed by atoms with Gasteiger partial charge in [-0.25, -0.2) is 0 Å². The van der Waals surface area contributed by atoms with Crippen LogP contribution >= 0.6 is 0 Å². The van der Waals surface area contributed by atoms with Crippen LogP contribution in [-0.4, -0.2) is 11.9 Å². The lowest BCUT2D eigenvalue weighted by Gasteiger charge is -2.08. The molecule has 0 saturated heterocycles. The number of rotatable bonds is 3. The van der Waals surface area contributed by atoms with Gasteiger partial charge in [-0.3, -0.25) is 4.79 Å². The summed E-state index contributed by atoms with van der Waals surface area (Å²) in [6.45, 7) is 3.48. The lowest BCUT2D eigenvalue weighted by Crippen LogP contribution is -2.30. The molecule has 1 aromatic carbocycles. The first-order chi connectivity index (χ1) is 9.24. The molecule has 0 aliphatic heterocycles. The molecule has 0 atom stereocenters. The molecule has 106 valence electrons. The van der Waals surface area contributed by atoms with Crippen molar-refractivity contribution in [2.24, 2.45) is 0 Å². The molecule has 0 spiro atoms. The fourth-order valence-electron chi connectivity index (χ4n) is 1.42. The predicted molar refractivity (Wildman–Crippen MR) is 68.3 cm³/mol. The summed E-state index contributed by atoms with van der Waals surface area (Å²) < 4.78 is 37.2. The van der Waals surface area contributed by atoms with Gasteiger partial charge < -0.3 is 5.32 Å². The van der Waals surface area contributed by atoms with Crippen LogP contribution in [0.15, 0.2) is 29.8 Å². The Bertz CT molecular complexity index is 551.